The van der Waals surface area contributed by atoms with Crippen molar-refractivity contribution in [3.63, 3.8) is 0 Å². The van der Waals surface area contributed by atoms with Gasteiger partial charge in [0.15, 0.2) is 0 Å². The van der Waals surface area contributed by atoms with E-state index in [0.29, 0.717) is 11.7 Å². The summed E-state index contributed by atoms with van der Waals surface area (Å²) in [7, 11) is 0. The Morgan fingerprint density at radius 3 is 1.82 bits per heavy atom. The first-order valence-electron chi connectivity index (χ1n) is 7.65. The first-order chi connectivity index (χ1) is 8.15. The zero-order valence-corrected chi connectivity index (χ0v) is 11.6. The molecule has 0 unspecified atom stereocenters. The van der Waals surface area contributed by atoms with Crippen LogP contribution in [0.3, 0.4) is 0 Å². The molecule has 2 saturated carbocycles. The zero-order chi connectivity index (χ0) is 12.3. The maximum absolute atomic E-state index is 11.3. The molecule has 0 aromatic rings. The molecule has 0 spiro atoms. The van der Waals surface area contributed by atoms with Crippen LogP contribution in [0.2, 0.25) is 0 Å². The van der Waals surface area contributed by atoms with E-state index in [9.17, 15) is 4.79 Å². The van der Waals surface area contributed by atoms with Gasteiger partial charge < -0.3 is 0 Å². The van der Waals surface area contributed by atoms with Gasteiger partial charge in [-0.1, -0.05) is 32.6 Å². The molecular formula is C16H28O. The molecule has 1 nitrogen and oxygen atoms in total. The minimum atomic E-state index is 0.401. The summed E-state index contributed by atoms with van der Waals surface area (Å²) in [5, 5.41) is 0. The molecule has 1 heteroatoms. The fraction of sp³-hybridized carbons (Fsp3) is 0.938. The number of carbonyl (C=O) groups excluding carboxylic acids is 1. The summed E-state index contributed by atoms with van der Waals surface area (Å²) >= 11 is 0. The van der Waals surface area contributed by atoms with Crippen LogP contribution in [0.1, 0.15) is 71.6 Å². The van der Waals surface area contributed by atoms with Crippen LogP contribution in [-0.4, -0.2) is 5.78 Å². The Bertz CT molecular complexity index is 242. The smallest absolute Gasteiger partial charge is 0.132 e. The van der Waals surface area contributed by atoms with Gasteiger partial charge in [-0.3, -0.25) is 4.79 Å². The molecular weight excluding hydrogens is 208 g/mol. The van der Waals surface area contributed by atoms with E-state index in [1.165, 1.54) is 57.8 Å². The third kappa shape index (κ3) is 3.82. The normalized spacial score (nSPS) is 38.9. The van der Waals surface area contributed by atoms with Gasteiger partial charge in [-0.05, 0) is 56.8 Å². The third-order valence-corrected chi connectivity index (χ3v) is 5.22. The third-order valence-electron chi connectivity index (χ3n) is 5.22. The lowest BCUT2D eigenvalue weighted by Gasteiger charge is -2.32. The average Bonchev–Trinajstić information content (AvgIpc) is 2.33. The predicted octanol–water partition coefficient (Wildman–Crippen LogP) is 4.60. The van der Waals surface area contributed by atoms with Crippen molar-refractivity contribution >= 4 is 5.78 Å². The molecule has 0 aromatic carbocycles. The minimum Gasteiger partial charge on any atom is -0.300 e. The SMILES string of the molecule is CC(=O)C1CCC(CC2CCC(C)CC2)CC1. The van der Waals surface area contributed by atoms with Crippen LogP contribution < -0.4 is 0 Å². The van der Waals surface area contributed by atoms with E-state index < -0.39 is 0 Å². The predicted molar refractivity (Wildman–Crippen MR) is 71.9 cm³/mol. The number of ketones is 1. The Kier molecular flexibility index (Phi) is 4.64. The second kappa shape index (κ2) is 6.02. The van der Waals surface area contributed by atoms with Crippen LogP contribution >= 0.6 is 0 Å². The second-order valence-electron chi connectivity index (χ2n) is 6.69. The first kappa shape index (κ1) is 13.1. The van der Waals surface area contributed by atoms with Crippen molar-refractivity contribution in [2.75, 3.05) is 0 Å². The highest BCUT2D eigenvalue weighted by atomic mass is 16.1. The zero-order valence-electron chi connectivity index (χ0n) is 11.6. The van der Waals surface area contributed by atoms with E-state index in [4.69, 9.17) is 0 Å². The van der Waals surface area contributed by atoms with Crippen LogP contribution in [-0.2, 0) is 4.79 Å². The largest absolute Gasteiger partial charge is 0.300 e. The van der Waals surface area contributed by atoms with Crippen LogP contribution in [0.25, 0.3) is 0 Å². The van der Waals surface area contributed by atoms with Crippen molar-refractivity contribution < 1.29 is 4.79 Å². The number of hydrogen-bond acceptors (Lipinski definition) is 1. The van der Waals surface area contributed by atoms with E-state index in [-0.39, 0.29) is 0 Å². The highest BCUT2D eigenvalue weighted by Gasteiger charge is 2.27. The highest BCUT2D eigenvalue weighted by Crippen LogP contribution is 2.38. The van der Waals surface area contributed by atoms with E-state index >= 15 is 0 Å². The van der Waals surface area contributed by atoms with Crippen LogP contribution in [0.5, 0.6) is 0 Å². The van der Waals surface area contributed by atoms with Gasteiger partial charge in [0.1, 0.15) is 5.78 Å². The summed E-state index contributed by atoms with van der Waals surface area (Å²) in [6.45, 7) is 4.17. The number of hydrogen-bond donors (Lipinski definition) is 0. The van der Waals surface area contributed by atoms with E-state index in [2.05, 4.69) is 6.92 Å². The standard InChI is InChI=1S/C16H28O/c1-12-3-5-14(6-4-12)11-15-7-9-16(10-8-15)13(2)17/h12,14-16H,3-11H2,1-2H3. The lowest BCUT2D eigenvalue weighted by Crippen LogP contribution is -2.22. The molecule has 0 amide bonds. The van der Waals surface area contributed by atoms with Gasteiger partial charge in [0.25, 0.3) is 0 Å². The topological polar surface area (TPSA) is 17.1 Å². The maximum Gasteiger partial charge on any atom is 0.132 e. The Hall–Kier alpha value is -0.330. The minimum absolute atomic E-state index is 0.401. The van der Waals surface area contributed by atoms with E-state index in [1.54, 1.807) is 6.92 Å². The molecule has 0 bridgehead atoms. The Labute approximate surface area is 106 Å². The van der Waals surface area contributed by atoms with Crippen molar-refractivity contribution in [1.82, 2.24) is 0 Å². The van der Waals surface area contributed by atoms with Gasteiger partial charge in [-0.2, -0.15) is 0 Å². The molecule has 2 aliphatic rings. The summed E-state index contributed by atoms with van der Waals surface area (Å²) < 4.78 is 0. The lowest BCUT2D eigenvalue weighted by molar-refractivity contribution is -0.121. The molecule has 0 aromatic heterocycles. The Morgan fingerprint density at radius 2 is 1.35 bits per heavy atom. The summed E-state index contributed by atoms with van der Waals surface area (Å²) in [4.78, 5) is 11.3. The molecule has 0 atom stereocenters. The van der Waals surface area contributed by atoms with Gasteiger partial charge in [0.2, 0.25) is 0 Å². The summed E-state index contributed by atoms with van der Waals surface area (Å²) in [6.07, 6.45) is 12.3. The molecule has 2 fully saturated rings. The molecule has 0 aliphatic heterocycles. The van der Waals surface area contributed by atoms with Crippen molar-refractivity contribution in [3.05, 3.63) is 0 Å². The van der Waals surface area contributed by atoms with Crippen LogP contribution in [0.15, 0.2) is 0 Å². The fourth-order valence-corrected chi connectivity index (χ4v) is 3.84. The molecule has 0 heterocycles. The van der Waals surface area contributed by atoms with Crippen molar-refractivity contribution in [1.29, 1.82) is 0 Å². The van der Waals surface area contributed by atoms with E-state index in [1.807, 2.05) is 0 Å². The molecule has 0 radical (unpaired) electrons. The number of rotatable bonds is 3. The van der Waals surface area contributed by atoms with Crippen molar-refractivity contribution in [2.45, 2.75) is 71.6 Å². The Balaban J connectivity index is 1.69. The Morgan fingerprint density at radius 1 is 0.882 bits per heavy atom. The quantitative estimate of drug-likeness (QED) is 0.700. The summed E-state index contributed by atoms with van der Waals surface area (Å²) in [5.41, 5.74) is 0. The molecule has 2 aliphatic carbocycles. The van der Waals surface area contributed by atoms with Crippen molar-refractivity contribution in [3.8, 4) is 0 Å². The van der Waals surface area contributed by atoms with Crippen LogP contribution in [0, 0.1) is 23.7 Å². The maximum atomic E-state index is 11.3. The highest BCUT2D eigenvalue weighted by molar-refractivity contribution is 5.78. The lowest BCUT2D eigenvalue weighted by atomic mass is 9.73. The van der Waals surface area contributed by atoms with Crippen LogP contribution in [0.4, 0.5) is 0 Å². The number of Topliss-reactive ketones (excluding diaryl/α,β-unsaturated/α-hetero) is 1. The fourth-order valence-electron chi connectivity index (χ4n) is 3.84. The molecule has 2 rings (SSSR count). The van der Waals surface area contributed by atoms with Gasteiger partial charge >= 0.3 is 0 Å². The van der Waals surface area contributed by atoms with Gasteiger partial charge in [-0.15, -0.1) is 0 Å². The van der Waals surface area contributed by atoms with Gasteiger partial charge in [0, 0.05) is 5.92 Å². The van der Waals surface area contributed by atoms with Gasteiger partial charge in [-0.25, -0.2) is 0 Å². The van der Waals surface area contributed by atoms with E-state index in [0.717, 1.165) is 17.8 Å². The first-order valence-corrected chi connectivity index (χ1v) is 7.65. The molecule has 98 valence electrons. The second-order valence-corrected chi connectivity index (χ2v) is 6.69. The monoisotopic (exact) mass is 236 g/mol. The molecule has 0 saturated heterocycles. The van der Waals surface area contributed by atoms with Gasteiger partial charge in [0.05, 0.1) is 0 Å². The number of carbonyl (C=O) groups is 1. The molecule has 0 N–H and O–H groups in total. The van der Waals surface area contributed by atoms with Crippen molar-refractivity contribution in [2.24, 2.45) is 23.7 Å². The summed E-state index contributed by atoms with van der Waals surface area (Å²) in [6, 6.07) is 0. The molecule has 17 heavy (non-hydrogen) atoms. The average molecular weight is 236 g/mol. The summed E-state index contributed by atoms with van der Waals surface area (Å²) in [5.74, 6) is 3.74.